The van der Waals surface area contributed by atoms with E-state index >= 15 is 0 Å². The van der Waals surface area contributed by atoms with Gasteiger partial charge in [0.05, 0.1) is 0 Å². The predicted octanol–water partition coefficient (Wildman–Crippen LogP) is 3.01. The summed E-state index contributed by atoms with van der Waals surface area (Å²) in [7, 11) is 0. The van der Waals surface area contributed by atoms with Crippen LogP contribution in [0.3, 0.4) is 0 Å². The molecular weight excluding hydrogens is 140 g/mol. The second kappa shape index (κ2) is 2.10. The van der Waals surface area contributed by atoms with Gasteiger partial charge in [0.2, 0.25) is 0 Å². The van der Waals surface area contributed by atoms with Gasteiger partial charge in [-0.2, -0.15) is 0 Å². The Labute approximate surface area is 64.1 Å². The third-order valence-electron chi connectivity index (χ3n) is 1.47. The fourth-order valence-electron chi connectivity index (χ4n) is 1.04. The van der Waals surface area contributed by atoms with Crippen LogP contribution in [-0.2, 0) is 0 Å². The van der Waals surface area contributed by atoms with E-state index in [2.05, 4.69) is 25.1 Å². The minimum atomic E-state index is 1.24. The highest BCUT2D eigenvalue weighted by molar-refractivity contribution is 7.18. The fourth-order valence-corrected chi connectivity index (χ4v) is 1.94. The van der Waals surface area contributed by atoms with Crippen LogP contribution in [0, 0.1) is 13.0 Å². The zero-order valence-electron chi connectivity index (χ0n) is 5.72. The third-order valence-corrected chi connectivity index (χ3v) is 2.48. The third kappa shape index (κ3) is 0.830. The van der Waals surface area contributed by atoms with Crippen molar-refractivity contribution in [2.24, 2.45) is 0 Å². The van der Waals surface area contributed by atoms with Gasteiger partial charge in [0, 0.05) is 15.0 Å². The van der Waals surface area contributed by atoms with E-state index < -0.39 is 0 Å². The van der Waals surface area contributed by atoms with Crippen molar-refractivity contribution in [1.29, 1.82) is 0 Å². The average molecular weight is 147 g/mol. The number of hydrogen-bond acceptors (Lipinski definition) is 1. The predicted molar refractivity (Wildman–Crippen MR) is 45.4 cm³/mol. The Morgan fingerprint density at radius 1 is 1.50 bits per heavy atom. The lowest BCUT2D eigenvalue weighted by Gasteiger charge is -1.81. The largest absolute Gasteiger partial charge is 0.141 e. The van der Waals surface area contributed by atoms with Crippen molar-refractivity contribution < 1.29 is 0 Å². The standard InChI is InChI=1S/C9H7S/c1-7-6-8-4-2-3-5-9(8)10-7/h2-3,5-6H,1H3. The van der Waals surface area contributed by atoms with Crippen molar-refractivity contribution in [2.45, 2.75) is 6.92 Å². The molecule has 0 aliphatic heterocycles. The van der Waals surface area contributed by atoms with Crippen molar-refractivity contribution in [3.05, 3.63) is 35.2 Å². The molecule has 0 fully saturated rings. The van der Waals surface area contributed by atoms with Crippen LogP contribution in [0.5, 0.6) is 0 Å². The van der Waals surface area contributed by atoms with Crippen LogP contribution < -0.4 is 0 Å². The molecule has 0 bridgehead atoms. The van der Waals surface area contributed by atoms with Gasteiger partial charge in [0.15, 0.2) is 0 Å². The van der Waals surface area contributed by atoms with E-state index in [0.717, 1.165) is 0 Å². The number of benzene rings is 1. The first-order valence-electron chi connectivity index (χ1n) is 3.23. The maximum Gasteiger partial charge on any atom is 0.0351 e. The lowest BCUT2D eigenvalue weighted by atomic mass is 10.2. The Balaban J connectivity index is 2.88. The molecule has 0 atom stereocenters. The van der Waals surface area contributed by atoms with Gasteiger partial charge in [-0.3, -0.25) is 0 Å². The normalized spacial score (nSPS) is 10.5. The van der Waals surface area contributed by atoms with Crippen LogP contribution in [0.25, 0.3) is 10.1 Å². The summed E-state index contributed by atoms with van der Waals surface area (Å²) in [6.07, 6.45) is 0. The molecule has 0 amide bonds. The Hall–Kier alpha value is -0.820. The SMILES string of the molecule is Cc1cc2[c]cccc2s1. The molecule has 10 heavy (non-hydrogen) atoms. The van der Waals surface area contributed by atoms with Crippen molar-refractivity contribution in [3.63, 3.8) is 0 Å². The van der Waals surface area contributed by atoms with E-state index in [9.17, 15) is 0 Å². The van der Waals surface area contributed by atoms with Gasteiger partial charge in [-0.1, -0.05) is 12.1 Å². The monoisotopic (exact) mass is 147 g/mol. The summed E-state index contributed by atoms with van der Waals surface area (Å²) in [5.74, 6) is 0. The zero-order chi connectivity index (χ0) is 6.97. The number of thiophene rings is 1. The fraction of sp³-hybridized carbons (Fsp3) is 0.111. The molecule has 2 rings (SSSR count). The molecule has 0 unspecified atom stereocenters. The topological polar surface area (TPSA) is 0 Å². The van der Waals surface area contributed by atoms with Crippen molar-refractivity contribution in [3.8, 4) is 0 Å². The van der Waals surface area contributed by atoms with E-state index in [1.165, 1.54) is 15.0 Å². The summed E-state index contributed by atoms with van der Waals surface area (Å²) in [5, 5.41) is 1.24. The summed E-state index contributed by atoms with van der Waals surface area (Å²) in [6.45, 7) is 2.12. The minimum Gasteiger partial charge on any atom is -0.141 e. The number of aryl methyl sites for hydroxylation is 1. The second-order valence-electron chi connectivity index (χ2n) is 2.31. The number of hydrogen-bond donors (Lipinski definition) is 0. The van der Waals surface area contributed by atoms with Gasteiger partial charge >= 0.3 is 0 Å². The molecule has 2 aromatic rings. The summed E-state index contributed by atoms with van der Waals surface area (Å²) >= 11 is 1.82. The quantitative estimate of drug-likeness (QED) is 0.537. The Morgan fingerprint density at radius 3 is 3.20 bits per heavy atom. The Morgan fingerprint density at radius 2 is 2.40 bits per heavy atom. The van der Waals surface area contributed by atoms with Crippen LogP contribution in [0.2, 0.25) is 0 Å². The first kappa shape index (κ1) is 5.93. The van der Waals surface area contributed by atoms with E-state index in [-0.39, 0.29) is 0 Å². The highest BCUT2D eigenvalue weighted by atomic mass is 32.1. The van der Waals surface area contributed by atoms with Crippen LogP contribution in [0.1, 0.15) is 4.88 Å². The first-order valence-corrected chi connectivity index (χ1v) is 4.05. The lowest BCUT2D eigenvalue weighted by molar-refractivity contribution is 1.65. The molecule has 1 aromatic heterocycles. The molecule has 0 spiro atoms. The molecular formula is C9H7S. The maximum absolute atomic E-state index is 3.18. The summed E-state index contributed by atoms with van der Waals surface area (Å²) in [5.41, 5.74) is 0. The molecule has 1 radical (unpaired) electrons. The number of fused-ring (bicyclic) bond motifs is 1. The smallest absolute Gasteiger partial charge is 0.0351 e. The van der Waals surface area contributed by atoms with E-state index in [1.807, 2.05) is 23.5 Å². The zero-order valence-corrected chi connectivity index (χ0v) is 6.53. The molecule has 49 valence electrons. The lowest BCUT2D eigenvalue weighted by Crippen LogP contribution is -1.57. The van der Waals surface area contributed by atoms with Gasteiger partial charge in [0.1, 0.15) is 0 Å². The summed E-state index contributed by atoms with van der Waals surface area (Å²) in [6, 6.07) is 11.5. The molecule has 1 heterocycles. The van der Waals surface area contributed by atoms with Gasteiger partial charge < -0.3 is 0 Å². The highest BCUT2D eigenvalue weighted by Crippen LogP contribution is 2.23. The Bertz CT molecular complexity index is 313. The maximum atomic E-state index is 3.18. The van der Waals surface area contributed by atoms with Crippen LogP contribution in [-0.4, -0.2) is 0 Å². The molecule has 0 saturated heterocycles. The molecule has 0 saturated carbocycles. The molecule has 1 heteroatoms. The molecule has 0 N–H and O–H groups in total. The first-order chi connectivity index (χ1) is 4.86. The molecule has 0 aliphatic carbocycles. The summed E-state index contributed by atoms with van der Waals surface area (Å²) in [4.78, 5) is 1.36. The minimum absolute atomic E-state index is 1.24. The second-order valence-corrected chi connectivity index (χ2v) is 3.59. The van der Waals surface area contributed by atoms with Gasteiger partial charge in [-0.25, -0.2) is 0 Å². The van der Waals surface area contributed by atoms with E-state index in [0.29, 0.717) is 0 Å². The highest BCUT2D eigenvalue weighted by Gasteiger charge is 1.94. The Kier molecular flexibility index (Phi) is 1.24. The van der Waals surface area contributed by atoms with Crippen molar-refractivity contribution in [1.82, 2.24) is 0 Å². The van der Waals surface area contributed by atoms with Gasteiger partial charge in [-0.05, 0) is 25.1 Å². The van der Waals surface area contributed by atoms with Crippen molar-refractivity contribution >= 4 is 21.4 Å². The molecule has 0 nitrogen and oxygen atoms in total. The van der Waals surface area contributed by atoms with E-state index in [1.54, 1.807) is 0 Å². The van der Waals surface area contributed by atoms with Crippen LogP contribution >= 0.6 is 11.3 Å². The van der Waals surface area contributed by atoms with Crippen LogP contribution in [0.4, 0.5) is 0 Å². The van der Waals surface area contributed by atoms with E-state index in [4.69, 9.17) is 0 Å². The van der Waals surface area contributed by atoms with Gasteiger partial charge in [0.25, 0.3) is 0 Å². The summed E-state index contributed by atoms with van der Waals surface area (Å²) < 4.78 is 1.33. The average Bonchev–Trinajstić information content (AvgIpc) is 2.27. The number of rotatable bonds is 0. The van der Waals surface area contributed by atoms with Crippen molar-refractivity contribution in [2.75, 3.05) is 0 Å². The van der Waals surface area contributed by atoms with Crippen LogP contribution in [0.15, 0.2) is 24.3 Å². The molecule has 0 aliphatic rings. The van der Waals surface area contributed by atoms with Gasteiger partial charge in [-0.15, -0.1) is 11.3 Å². The molecule has 1 aromatic carbocycles.